The molecule has 0 aliphatic heterocycles. The van der Waals surface area contributed by atoms with Gasteiger partial charge in [-0.15, -0.1) is 0 Å². The fourth-order valence-electron chi connectivity index (χ4n) is 2.07. The maximum absolute atomic E-state index is 5.33. The fourth-order valence-corrected chi connectivity index (χ4v) is 5.18. The van der Waals surface area contributed by atoms with Crippen LogP contribution in [0.1, 0.15) is 38.2 Å². The van der Waals surface area contributed by atoms with Crippen LogP contribution in [0.25, 0.3) is 0 Å². The van der Waals surface area contributed by atoms with Crippen LogP contribution in [-0.4, -0.2) is 40.5 Å². The molecule has 0 atom stereocenters. The Hall–Kier alpha value is -0.181. The van der Waals surface area contributed by atoms with Crippen LogP contribution >= 0.6 is 17.0 Å². The Balaban J connectivity index is 0.000000351. The second kappa shape index (κ2) is 13.1. The van der Waals surface area contributed by atoms with Gasteiger partial charge in [0.2, 0.25) is 0 Å². The third-order valence-corrected chi connectivity index (χ3v) is 8.77. The van der Waals surface area contributed by atoms with E-state index in [2.05, 4.69) is 34.3 Å². The molecule has 1 N–H and O–H groups in total. The predicted molar refractivity (Wildman–Crippen MR) is 110 cm³/mol. The summed E-state index contributed by atoms with van der Waals surface area (Å²) in [6.45, 7) is 6.72. The van der Waals surface area contributed by atoms with Gasteiger partial charge in [-0.05, 0) is 25.9 Å². The topological polar surface area (TPSA) is 38.3 Å². The van der Waals surface area contributed by atoms with E-state index in [0.717, 1.165) is 36.7 Å². The van der Waals surface area contributed by atoms with Gasteiger partial charge in [0, 0.05) is 0 Å². The van der Waals surface area contributed by atoms with Gasteiger partial charge in [0.1, 0.15) is 0 Å². The summed E-state index contributed by atoms with van der Waals surface area (Å²) in [6, 6.07) is 7.88. The monoisotopic (exact) mass is 435 g/mol. The number of thiol groups is 1. The summed E-state index contributed by atoms with van der Waals surface area (Å²) in [5, 5.41) is 3.28. The van der Waals surface area contributed by atoms with Gasteiger partial charge in [-0.25, -0.2) is 0 Å². The molecular formula is C18H30NO2PSSe. The normalized spacial score (nSPS) is 11.1. The van der Waals surface area contributed by atoms with Crippen LogP contribution in [0.4, 0.5) is 0 Å². The summed E-state index contributed by atoms with van der Waals surface area (Å²) in [7, 11) is 0. The van der Waals surface area contributed by atoms with Crippen molar-refractivity contribution in [1.82, 2.24) is 5.32 Å². The van der Waals surface area contributed by atoms with Gasteiger partial charge in [-0.3, -0.25) is 0 Å². The SMILES string of the molecule is CCCNCCC.SP(=[Se])(CCc1ccco1)CCc1ccco1. The van der Waals surface area contributed by atoms with Crippen LogP contribution in [0, 0.1) is 0 Å². The summed E-state index contributed by atoms with van der Waals surface area (Å²) >= 11 is 8.05. The van der Waals surface area contributed by atoms with Crippen molar-refractivity contribution in [2.24, 2.45) is 0 Å². The fraction of sp³-hybridized carbons (Fsp3) is 0.556. The van der Waals surface area contributed by atoms with Crippen LogP contribution in [0.15, 0.2) is 45.6 Å². The van der Waals surface area contributed by atoms with Crippen molar-refractivity contribution in [2.45, 2.75) is 39.5 Å². The standard InChI is InChI=1S/C12H15O2PSSe.C6H15N/c16-15(17,9-5-11-3-1-7-13-11)10-6-12-4-2-8-14-12;1-3-5-7-6-4-2/h1-4,7-8H,5-6,9-10H2,(H,16,17);7H,3-6H2,1-2H3. The number of hydrogen-bond donors (Lipinski definition) is 2. The van der Waals surface area contributed by atoms with Gasteiger partial charge >= 0.3 is 114 Å². The zero-order chi connectivity index (χ0) is 17.7. The number of hydrogen-bond acceptors (Lipinski definition) is 4. The van der Waals surface area contributed by atoms with Crippen LogP contribution in [0.3, 0.4) is 0 Å². The Bertz CT molecular complexity index is 511. The first-order valence-corrected chi connectivity index (χ1v) is 14.2. The second-order valence-electron chi connectivity index (χ2n) is 5.70. The molecule has 2 aromatic rings. The first-order chi connectivity index (χ1) is 11.6. The van der Waals surface area contributed by atoms with Gasteiger partial charge in [-0.1, -0.05) is 13.8 Å². The van der Waals surface area contributed by atoms with E-state index in [0.29, 0.717) is 0 Å². The average molecular weight is 434 g/mol. The average Bonchev–Trinajstić information content (AvgIpc) is 3.26. The van der Waals surface area contributed by atoms with E-state index in [-0.39, 0.29) is 0 Å². The summed E-state index contributed by atoms with van der Waals surface area (Å²) < 4.78 is 9.39. The van der Waals surface area contributed by atoms with E-state index >= 15 is 0 Å². The van der Waals surface area contributed by atoms with E-state index < -0.39 is 4.71 Å². The van der Waals surface area contributed by atoms with Gasteiger partial charge < -0.3 is 5.32 Å². The molecular weight excluding hydrogens is 404 g/mol. The molecule has 0 bridgehead atoms. The molecule has 0 saturated carbocycles. The molecule has 0 amide bonds. The molecule has 136 valence electrons. The van der Waals surface area contributed by atoms with Crippen molar-refractivity contribution in [3.05, 3.63) is 48.3 Å². The van der Waals surface area contributed by atoms with Crippen molar-refractivity contribution in [3.8, 4) is 0 Å². The van der Waals surface area contributed by atoms with Gasteiger partial charge in [0.05, 0.1) is 0 Å². The Morgan fingerprint density at radius 3 is 1.75 bits per heavy atom. The molecule has 0 radical (unpaired) electrons. The van der Waals surface area contributed by atoms with Gasteiger partial charge in [0.15, 0.2) is 0 Å². The van der Waals surface area contributed by atoms with E-state index in [1.165, 1.54) is 25.9 Å². The molecule has 0 saturated heterocycles. The molecule has 0 aliphatic rings. The quantitative estimate of drug-likeness (QED) is 0.239. The predicted octanol–water partition coefficient (Wildman–Crippen LogP) is 5.00. The molecule has 3 nitrogen and oxygen atoms in total. The molecule has 0 unspecified atom stereocenters. The Morgan fingerprint density at radius 2 is 1.42 bits per heavy atom. The molecule has 2 rings (SSSR count). The van der Waals surface area contributed by atoms with Crippen LogP contribution < -0.4 is 5.32 Å². The summed E-state index contributed by atoms with van der Waals surface area (Å²) in [5.41, 5.74) is 0. The molecule has 2 aromatic heterocycles. The second-order valence-corrected chi connectivity index (χ2v) is 16.8. The first-order valence-electron chi connectivity index (χ1n) is 8.63. The third-order valence-electron chi connectivity index (χ3n) is 3.43. The van der Waals surface area contributed by atoms with E-state index in [1.54, 1.807) is 12.5 Å². The van der Waals surface area contributed by atoms with Crippen molar-refractivity contribution in [2.75, 3.05) is 25.4 Å². The van der Waals surface area contributed by atoms with Crippen LogP contribution in [-0.2, 0) is 12.8 Å². The third kappa shape index (κ3) is 10.6. The first kappa shape index (κ1) is 21.9. The molecule has 24 heavy (non-hydrogen) atoms. The maximum atomic E-state index is 5.33. The van der Waals surface area contributed by atoms with E-state index in [4.69, 9.17) is 21.1 Å². The molecule has 0 aliphatic carbocycles. The molecule has 6 heteroatoms. The van der Waals surface area contributed by atoms with Crippen molar-refractivity contribution in [1.29, 1.82) is 0 Å². The van der Waals surface area contributed by atoms with Crippen molar-refractivity contribution < 1.29 is 8.83 Å². The van der Waals surface area contributed by atoms with Crippen molar-refractivity contribution in [3.63, 3.8) is 0 Å². The minimum atomic E-state index is -1.28. The van der Waals surface area contributed by atoms with Crippen molar-refractivity contribution >= 4 is 32.1 Å². The molecule has 2 heterocycles. The molecule has 0 aromatic carbocycles. The van der Waals surface area contributed by atoms with Gasteiger partial charge in [0.25, 0.3) is 0 Å². The Kier molecular flexibility index (Phi) is 11.9. The van der Waals surface area contributed by atoms with Crippen LogP contribution in [0.2, 0.25) is 0 Å². The Labute approximate surface area is 159 Å². The minimum absolute atomic E-state index is 0.954. The van der Waals surface area contributed by atoms with Gasteiger partial charge in [-0.2, -0.15) is 0 Å². The zero-order valence-electron chi connectivity index (χ0n) is 14.7. The Morgan fingerprint density at radius 1 is 0.958 bits per heavy atom. The number of aryl methyl sites for hydroxylation is 2. The number of furan rings is 2. The molecule has 0 fully saturated rings. The zero-order valence-corrected chi connectivity index (χ0v) is 18.2. The molecule has 0 spiro atoms. The summed E-state index contributed by atoms with van der Waals surface area (Å²) in [4.78, 5) is 0. The summed E-state index contributed by atoms with van der Waals surface area (Å²) in [6.07, 6.45) is 9.96. The number of rotatable bonds is 10. The van der Waals surface area contributed by atoms with E-state index in [1.807, 2.05) is 24.3 Å². The van der Waals surface area contributed by atoms with E-state index in [9.17, 15) is 0 Å². The van der Waals surface area contributed by atoms with Crippen LogP contribution in [0.5, 0.6) is 0 Å². The summed E-state index contributed by atoms with van der Waals surface area (Å²) in [5.74, 6) is 2.08. The number of nitrogens with one attached hydrogen (secondary N) is 1.